The van der Waals surface area contributed by atoms with Crippen molar-refractivity contribution >= 4 is 23.7 Å². The van der Waals surface area contributed by atoms with Gasteiger partial charge in [0.15, 0.2) is 0 Å². The SMILES string of the molecule is COc1ccccc1NC(=O)C(=O)N/N=C/c1cccc(Oc2ccccc2)c1. The first kappa shape index (κ1) is 19.6. The lowest BCUT2D eigenvalue weighted by molar-refractivity contribution is -0.136. The fourth-order valence-corrected chi connectivity index (χ4v) is 2.43. The van der Waals surface area contributed by atoms with Crippen molar-refractivity contribution < 1.29 is 19.1 Å². The highest BCUT2D eigenvalue weighted by molar-refractivity contribution is 6.39. The Hall–Kier alpha value is -4.13. The monoisotopic (exact) mass is 389 g/mol. The van der Waals surface area contributed by atoms with E-state index in [9.17, 15) is 9.59 Å². The van der Waals surface area contributed by atoms with E-state index in [0.29, 0.717) is 28.5 Å². The minimum Gasteiger partial charge on any atom is -0.495 e. The van der Waals surface area contributed by atoms with Gasteiger partial charge in [-0.3, -0.25) is 9.59 Å². The molecule has 0 saturated heterocycles. The van der Waals surface area contributed by atoms with Crippen molar-refractivity contribution in [3.63, 3.8) is 0 Å². The lowest BCUT2D eigenvalue weighted by Crippen LogP contribution is -2.32. The van der Waals surface area contributed by atoms with Gasteiger partial charge in [0.1, 0.15) is 17.2 Å². The number of carbonyl (C=O) groups is 2. The zero-order valence-corrected chi connectivity index (χ0v) is 15.7. The molecule has 7 nitrogen and oxygen atoms in total. The Balaban J connectivity index is 1.57. The summed E-state index contributed by atoms with van der Waals surface area (Å²) < 4.78 is 10.9. The number of hydrazone groups is 1. The Kier molecular flexibility index (Phi) is 6.57. The minimum absolute atomic E-state index is 0.393. The zero-order valence-electron chi connectivity index (χ0n) is 15.7. The molecule has 0 spiro atoms. The maximum Gasteiger partial charge on any atom is 0.329 e. The molecule has 0 atom stereocenters. The lowest BCUT2D eigenvalue weighted by Gasteiger charge is -2.08. The van der Waals surface area contributed by atoms with Crippen LogP contribution in [0.15, 0.2) is 84.0 Å². The van der Waals surface area contributed by atoms with E-state index in [4.69, 9.17) is 9.47 Å². The molecule has 0 aliphatic rings. The summed E-state index contributed by atoms with van der Waals surface area (Å²) in [5.41, 5.74) is 3.29. The number of nitrogens with one attached hydrogen (secondary N) is 2. The summed E-state index contributed by atoms with van der Waals surface area (Å²) in [6, 6.07) is 23.3. The van der Waals surface area contributed by atoms with Crippen LogP contribution >= 0.6 is 0 Å². The Morgan fingerprint density at radius 2 is 1.59 bits per heavy atom. The molecule has 29 heavy (non-hydrogen) atoms. The first-order valence-electron chi connectivity index (χ1n) is 8.76. The minimum atomic E-state index is -0.899. The predicted octanol–water partition coefficient (Wildman–Crippen LogP) is 3.58. The molecule has 2 amide bonds. The molecular weight excluding hydrogens is 370 g/mol. The topological polar surface area (TPSA) is 89.0 Å². The number of hydrogen-bond donors (Lipinski definition) is 2. The maximum absolute atomic E-state index is 12.0. The largest absolute Gasteiger partial charge is 0.495 e. The molecule has 146 valence electrons. The van der Waals surface area contributed by atoms with Crippen LogP contribution in [0.1, 0.15) is 5.56 Å². The van der Waals surface area contributed by atoms with E-state index in [1.165, 1.54) is 13.3 Å². The average Bonchev–Trinajstić information content (AvgIpc) is 2.75. The highest BCUT2D eigenvalue weighted by atomic mass is 16.5. The Morgan fingerprint density at radius 1 is 0.862 bits per heavy atom. The fourth-order valence-electron chi connectivity index (χ4n) is 2.43. The summed E-state index contributed by atoms with van der Waals surface area (Å²) >= 11 is 0. The number of amides is 2. The lowest BCUT2D eigenvalue weighted by atomic mass is 10.2. The summed E-state index contributed by atoms with van der Waals surface area (Å²) in [6.45, 7) is 0. The predicted molar refractivity (Wildman–Crippen MR) is 110 cm³/mol. The standard InChI is InChI=1S/C22H19N3O4/c1-28-20-13-6-5-12-19(20)24-21(26)22(27)25-23-15-16-8-7-11-18(14-16)29-17-9-3-2-4-10-17/h2-15H,1H3,(H,24,26)(H,25,27)/b23-15+. The van der Waals surface area contributed by atoms with Gasteiger partial charge in [0.2, 0.25) is 0 Å². The van der Waals surface area contributed by atoms with Gasteiger partial charge in [-0.1, -0.05) is 42.5 Å². The van der Waals surface area contributed by atoms with E-state index in [0.717, 1.165) is 0 Å². The summed E-state index contributed by atoms with van der Waals surface area (Å²) in [5.74, 6) is 0.0346. The van der Waals surface area contributed by atoms with E-state index in [1.54, 1.807) is 42.5 Å². The molecule has 0 aromatic heterocycles. The van der Waals surface area contributed by atoms with Gasteiger partial charge in [0.25, 0.3) is 0 Å². The van der Waals surface area contributed by atoms with Crippen LogP contribution < -0.4 is 20.2 Å². The molecule has 0 radical (unpaired) electrons. The third kappa shape index (κ3) is 5.67. The van der Waals surface area contributed by atoms with E-state index in [2.05, 4.69) is 15.8 Å². The van der Waals surface area contributed by atoms with Crippen LogP contribution in [-0.2, 0) is 9.59 Å². The van der Waals surface area contributed by atoms with Crippen LogP contribution in [0.4, 0.5) is 5.69 Å². The number of benzene rings is 3. The molecular formula is C22H19N3O4. The average molecular weight is 389 g/mol. The number of hydrogen-bond acceptors (Lipinski definition) is 5. The fraction of sp³-hybridized carbons (Fsp3) is 0.0455. The van der Waals surface area contributed by atoms with E-state index in [-0.39, 0.29) is 0 Å². The number of anilines is 1. The van der Waals surface area contributed by atoms with Crippen molar-refractivity contribution in [1.82, 2.24) is 5.43 Å². The molecule has 0 bridgehead atoms. The number of rotatable bonds is 6. The quantitative estimate of drug-likeness (QED) is 0.383. The number of nitrogens with zero attached hydrogens (tertiary/aromatic N) is 1. The number of ether oxygens (including phenoxy) is 2. The van der Waals surface area contributed by atoms with Crippen LogP contribution in [0.5, 0.6) is 17.2 Å². The molecule has 3 aromatic carbocycles. The molecule has 0 heterocycles. The van der Waals surface area contributed by atoms with E-state index in [1.807, 2.05) is 36.4 Å². The molecule has 7 heteroatoms. The van der Waals surface area contributed by atoms with Gasteiger partial charge < -0.3 is 14.8 Å². The van der Waals surface area contributed by atoms with Gasteiger partial charge in [0, 0.05) is 0 Å². The highest BCUT2D eigenvalue weighted by Gasteiger charge is 2.14. The second kappa shape index (κ2) is 9.70. The van der Waals surface area contributed by atoms with Crippen molar-refractivity contribution in [3.05, 3.63) is 84.4 Å². The molecule has 0 fully saturated rings. The van der Waals surface area contributed by atoms with Crippen LogP contribution in [0.25, 0.3) is 0 Å². The van der Waals surface area contributed by atoms with Crippen molar-refractivity contribution in [1.29, 1.82) is 0 Å². The van der Waals surface area contributed by atoms with Crippen molar-refractivity contribution in [2.75, 3.05) is 12.4 Å². The molecule has 0 aliphatic heterocycles. The van der Waals surface area contributed by atoms with Crippen LogP contribution in [0.2, 0.25) is 0 Å². The van der Waals surface area contributed by atoms with Gasteiger partial charge in [-0.2, -0.15) is 5.10 Å². The van der Waals surface area contributed by atoms with Gasteiger partial charge >= 0.3 is 11.8 Å². The zero-order chi connectivity index (χ0) is 20.5. The molecule has 0 unspecified atom stereocenters. The Labute approximate surface area is 168 Å². The highest BCUT2D eigenvalue weighted by Crippen LogP contribution is 2.23. The van der Waals surface area contributed by atoms with Gasteiger partial charge in [0.05, 0.1) is 19.0 Å². The molecule has 0 saturated carbocycles. The van der Waals surface area contributed by atoms with Crippen molar-refractivity contribution in [3.8, 4) is 17.2 Å². The molecule has 3 aromatic rings. The van der Waals surface area contributed by atoms with Crippen LogP contribution in [-0.4, -0.2) is 25.1 Å². The molecule has 3 rings (SSSR count). The second-order valence-corrected chi connectivity index (χ2v) is 5.84. The number of carbonyl (C=O) groups excluding carboxylic acids is 2. The Bertz CT molecular complexity index is 1020. The van der Waals surface area contributed by atoms with Crippen molar-refractivity contribution in [2.45, 2.75) is 0 Å². The third-order valence-corrected chi connectivity index (χ3v) is 3.78. The van der Waals surface area contributed by atoms with E-state index >= 15 is 0 Å². The van der Waals surface area contributed by atoms with Gasteiger partial charge in [-0.15, -0.1) is 0 Å². The summed E-state index contributed by atoms with van der Waals surface area (Å²) in [6.07, 6.45) is 1.42. The Morgan fingerprint density at radius 3 is 2.38 bits per heavy atom. The van der Waals surface area contributed by atoms with Gasteiger partial charge in [-0.05, 0) is 42.0 Å². The number of methoxy groups -OCH3 is 1. The summed E-state index contributed by atoms with van der Waals surface area (Å²) in [4.78, 5) is 24.0. The number of para-hydroxylation sites is 3. The smallest absolute Gasteiger partial charge is 0.329 e. The summed E-state index contributed by atoms with van der Waals surface area (Å²) in [7, 11) is 1.48. The first-order chi connectivity index (χ1) is 14.2. The summed E-state index contributed by atoms with van der Waals surface area (Å²) in [5, 5.41) is 6.30. The van der Waals surface area contributed by atoms with Crippen LogP contribution in [0.3, 0.4) is 0 Å². The molecule has 2 N–H and O–H groups in total. The normalized spacial score (nSPS) is 10.4. The second-order valence-electron chi connectivity index (χ2n) is 5.84. The third-order valence-electron chi connectivity index (χ3n) is 3.78. The van der Waals surface area contributed by atoms with Crippen molar-refractivity contribution in [2.24, 2.45) is 5.10 Å². The first-order valence-corrected chi connectivity index (χ1v) is 8.76. The van der Waals surface area contributed by atoms with Crippen LogP contribution in [0, 0.1) is 0 Å². The molecule has 0 aliphatic carbocycles. The van der Waals surface area contributed by atoms with E-state index < -0.39 is 11.8 Å². The maximum atomic E-state index is 12.0. The van der Waals surface area contributed by atoms with Gasteiger partial charge in [-0.25, -0.2) is 5.43 Å².